The zero-order valence-corrected chi connectivity index (χ0v) is 10.9. The molecule has 17 heavy (non-hydrogen) atoms. The highest BCUT2D eigenvalue weighted by Gasteiger charge is 2.45. The van der Waals surface area contributed by atoms with Crippen molar-refractivity contribution < 1.29 is 4.74 Å². The molecule has 3 N–H and O–H groups in total. The Morgan fingerprint density at radius 1 is 1.35 bits per heavy atom. The molecule has 0 aliphatic heterocycles. The first-order chi connectivity index (χ1) is 8.13. The first kappa shape index (κ1) is 12.6. The van der Waals surface area contributed by atoms with E-state index in [1.807, 2.05) is 0 Å². The molecule has 1 aromatic carbocycles. The van der Waals surface area contributed by atoms with Crippen molar-refractivity contribution in [1.82, 2.24) is 5.43 Å². The van der Waals surface area contributed by atoms with Crippen molar-refractivity contribution in [3.05, 3.63) is 34.9 Å². The fraction of sp³-hybridized carbons (Fsp3) is 0.571. The molecular formula is C14H22N2O. The fourth-order valence-corrected chi connectivity index (χ4v) is 2.73. The Morgan fingerprint density at radius 2 is 2.06 bits per heavy atom. The summed E-state index contributed by atoms with van der Waals surface area (Å²) in [6.07, 6.45) is 3.37. The van der Waals surface area contributed by atoms with Crippen molar-refractivity contribution in [2.24, 2.45) is 5.84 Å². The first-order valence-corrected chi connectivity index (χ1v) is 6.21. The van der Waals surface area contributed by atoms with Crippen molar-refractivity contribution in [2.75, 3.05) is 7.11 Å². The predicted octanol–water partition coefficient (Wildman–Crippen LogP) is 2.38. The number of hydrogen-bond acceptors (Lipinski definition) is 3. The first-order valence-electron chi connectivity index (χ1n) is 6.21. The molecule has 0 bridgehead atoms. The molecule has 0 amide bonds. The molecule has 0 aromatic heterocycles. The van der Waals surface area contributed by atoms with Gasteiger partial charge in [-0.05, 0) is 44.2 Å². The van der Waals surface area contributed by atoms with Crippen LogP contribution in [0.3, 0.4) is 0 Å². The zero-order valence-electron chi connectivity index (χ0n) is 10.9. The van der Waals surface area contributed by atoms with Crippen LogP contribution in [0.4, 0.5) is 0 Å². The van der Waals surface area contributed by atoms with Gasteiger partial charge >= 0.3 is 0 Å². The summed E-state index contributed by atoms with van der Waals surface area (Å²) in [6, 6.07) is 6.57. The lowest BCUT2D eigenvalue weighted by atomic mass is 9.71. The van der Waals surface area contributed by atoms with Crippen LogP contribution in [0, 0.1) is 13.8 Å². The third kappa shape index (κ3) is 2.10. The van der Waals surface area contributed by atoms with Crippen LogP contribution in [-0.4, -0.2) is 12.7 Å². The molecule has 1 aliphatic carbocycles. The molecule has 1 aromatic rings. The van der Waals surface area contributed by atoms with E-state index in [-0.39, 0.29) is 11.6 Å². The maximum Gasteiger partial charge on any atom is 0.0885 e. The molecule has 3 nitrogen and oxygen atoms in total. The van der Waals surface area contributed by atoms with Gasteiger partial charge in [-0.15, -0.1) is 0 Å². The van der Waals surface area contributed by atoms with E-state index < -0.39 is 0 Å². The number of hydrazine groups is 1. The Balaban J connectivity index is 2.37. The summed E-state index contributed by atoms with van der Waals surface area (Å²) in [5, 5.41) is 0. The summed E-state index contributed by atoms with van der Waals surface area (Å²) >= 11 is 0. The number of methoxy groups -OCH3 is 1. The number of hydrogen-bond donors (Lipinski definition) is 2. The molecule has 3 heteroatoms. The molecule has 94 valence electrons. The van der Waals surface area contributed by atoms with Gasteiger partial charge in [0.1, 0.15) is 0 Å². The maximum absolute atomic E-state index is 5.76. The van der Waals surface area contributed by atoms with Gasteiger partial charge in [0.15, 0.2) is 0 Å². The number of nitrogens with two attached hydrogens (primary N) is 1. The molecule has 0 saturated heterocycles. The Kier molecular flexibility index (Phi) is 3.52. The van der Waals surface area contributed by atoms with Gasteiger partial charge in [0.2, 0.25) is 0 Å². The molecule has 2 rings (SSSR count). The van der Waals surface area contributed by atoms with E-state index in [9.17, 15) is 0 Å². The normalized spacial score (nSPS) is 19.8. The molecule has 1 fully saturated rings. The van der Waals surface area contributed by atoms with Crippen molar-refractivity contribution >= 4 is 0 Å². The average Bonchev–Trinajstić information content (AvgIpc) is 2.27. The molecule has 1 atom stereocenters. The highest BCUT2D eigenvalue weighted by molar-refractivity contribution is 5.35. The number of benzene rings is 1. The van der Waals surface area contributed by atoms with Gasteiger partial charge in [-0.3, -0.25) is 11.3 Å². The molecule has 1 saturated carbocycles. The summed E-state index contributed by atoms with van der Waals surface area (Å²) in [7, 11) is 1.79. The van der Waals surface area contributed by atoms with Crippen molar-refractivity contribution in [2.45, 2.75) is 44.8 Å². The van der Waals surface area contributed by atoms with Gasteiger partial charge in [0, 0.05) is 7.11 Å². The van der Waals surface area contributed by atoms with Crippen LogP contribution in [0.5, 0.6) is 0 Å². The Bertz CT molecular complexity index is 394. The van der Waals surface area contributed by atoms with Crippen LogP contribution in [0.2, 0.25) is 0 Å². The Labute approximate surface area is 103 Å². The third-order valence-corrected chi connectivity index (χ3v) is 4.04. The van der Waals surface area contributed by atoms with E-state index in [1.165, 1.54) is 23.1 Å². The van der Waals surface area contributed by atoms with E-state index in [4.69, 9.17) is 10.6 Å². The standard InChI is InChI=1S/C14H22N2O/c1-10-5-6-11(2)12(9-10)13(16-15)14(17-3)7-4-8-14/h5-6,9,13,16H,4,7-8,15H2,1-3H3. The minimum Gasteiger partial charge on any atom is -0.376 e. The van der Waals surface area contributed by atoms with Gasteiger partial charge in [0.25, 0.3) is 0 Å². The van der Waals surface area contributed by atoms with Crippen LogP contribution in [0.1, 0.15) is 42.0 Å². The van der Waals surface area contributed by atoms with Gasteiger partial charge < -0.3 is 4.74 Å². The highest BCUT2D eigenvalue weighted by atomic mass is 16.5. The van der Waals surface area contributed by atoms with Crippen LogP contribution in [0.15, 0.2) is 18.2 Å². The molecule has 0 heterocycles. The monoisotopic (exact) mass is 234 g/mol. The lowest BCUT2D eigenvalue weighted by Crippen LogP contribution is -2.52. The van der Waals surface area contributed by atoms with Crippen LogP contribution in [0.25, 0.3) is 0 Å². The third-order valence-electron chi connectivity index (χ3n) is 4.04. The maximum atomic E-state index is 5.76. The molecular weight excluding hydrogens is 212 g/mol. The number of ether oxygens (including phenoxy) is 1. The SMILES string of the molecule is COC1(C(NN)c2cc(C)ccc2C)CCC1. The second kappa shape index (κ2) is 4.77. The fourth-order valence-electron chi connectivity index (χ4n) is 2.73. The summed E-state index contributed by atoms with van der Waals surface area (Å²) in [5.41, 5.74) is 6.62. The van der Waals surface area contributed by atoms with Crippen LogP contribution in [-0.2, 0) is 4.74 Å². The van der Waals surface area contributed by atoms with Crippen molar-refractivity contribution in [3.8, 4) is 0 Å². The summed E-state index contributed by atoms with van der Waals surface area (Å²) in [4.78, 5) is 0. The average molecular weight is 234 g/mol. The predicted molar refractivity (Wildman–Crippen MR) is 69.6 cm³/mol. The molecule has 0 radical (unpaired) electrons. The lowest BCUT2D eigenvalue weighted by molar-refractivity contribution is -0.1000. The van der Waals surface area contributed by atoms with Crippen molar-refractivity contribution in [3.63, 3.8) is 0 Å². The van der Waals surface area contributed by atoms with E-state index in [0.29, 0.717) is 0 Å². The molecule has 1 aliphatic rings. The number of rotatable bonds is 4. The van der Waals surface area contributed by atoms with Gasteiger partial charge in [0.05, 0.1) is 11.6 Å². The minimum absolute atomic E-state index is 0.0844. The van der Waals surface area contributed by atoms with Gasteiger partial charge in [-0.25, -0.2) is 0 Å². The lowest BCUT2D eigenvalue weighted by Gasteiger charge is -2.46. The van der Waals surface area contributed by atoms with Crippen molar-refractivity contribution in [1.29, 1.82) is 0 Å². The largest absolute Gasteiger partial charge is 0.376 e. The molecule has 1 unspecified atom stereocenters. The minimum atomic E-state index is -0.118. The molecule has 0 spiro atoms. The Hall–Kier alpha value is -0.900. The topological polar surface area (TPSA) is 47.3 Å². The van der Waals surface area contributed by atoms with E-state index in [2.05, 4.69) is 37.5 Å². The number of nitrogens with one attached hydrogen (secondary N) is 1. The summed E-state index contributed by atoms with van der Waals surface area (Å²) in [6.45, 7) is 4.23. The second-order valence-electron chi connectivity index (χ2n) is 5.08. The van der Waals surface area contributed by atoms with E-state index >= 15 is 0 Å². The second-order valence-corrected chi connectivity index (χ2v) is 5.08. The highest BCUT2D eigenvalue weighted by Crippen LogP contribution is 2.45. The number of aryl methyl sites for hydroxylation is 2. The van der Waals surface area contributed by atoms with E-state index in [1.54, 1.807) is 7.11 Å². The smallest absolute Gasteiger partial charge is 0.0885 e. The Morgan fingerprint density at radius 3 is 2.53 bits per heavy atom. The zero-order chi connectivity index (χ0) is 12.5. The quantitative estimate of drug-likeness (QED) is 0.621. The van der Waals surface area contributed by atoms with E-state index in [0.717, 1.165) is 12.8 Å². The summed E-state index contributed by atoms with van der Waals surface area (Å²) in [5.74, 6) is 5.76. The van der Waals surface area contributed by atoms with Gasteiger partial charge in [-0.1, -0.05) is 23.8 Å². The summed E-state index contributed by atoms with van der Waals surface area (Å²) < 4.78 is 5.73. The van der Waals surface area contributed by atoms with Crippen LogP contribution >= 0.6 is 0 Å². The van der Waals surface area contributed by atoms with Crippen LogP contribution < -0.4 is 11.3 Å². The van der Waals surface area contributed by atoms with Gasteiger partial charge in [-0.2, -0.15) is 0 Å².